The van der Waals surface area contributed by atoms with Gasteiger partial charge in [0.2, 0.25) is 5.91 Å². The lowest BCUT2D eigenvalue weighted by atomic mass is 9.86. The van der Waals surface area contributed by atoms with Crippen molar-refractivity contribution in [2.45, 2.75) is 64.3 Å². The fourth-order valence-corrected chi connectivity index (χ4v) is 3.72. The number of H-pyrrole nitrogens is 1. The number of amides is 1. The molecule has 1 amide bonds. The maximum absolute atomic E-state index is 12.4. The summed E-state index contributed by atoms with van der Waals surface area (Å²) in [6, 6.07) is 10.1. The van der Waals surface area contributed by atoms with E-state index in [1.54, 1.807) is 0 Å². The molecule has 3 rings (SSSR count). The molecule has 4 heteroatoms. The molecule has 0 saturated heterocycles. The van der Waals surface area contributed by atoms with Crippen LogP contribution in [0.1, 0.15) is 70.2 Å². The van der Waals surface area contributed by atoms with E-state index in [4.69, 9.17) is 0 Å². The summed E-state index contributed by atoms with van der Waals surface area (Å²) in [7, 11) is 0. The number of hydrogen-bond acceptors (Lipinski definition) is 2. The fourth-order valence-electron chi connectivity index (χ4n) is 3.72. The number of aromatic amines is 1. The van der Waals surface area contributed by atoms with E-state index in [2.05, 4.69) is 34.3 Å². The number of nitrogens with zero attached hydrogens (tertiary/aromatic N) is 1. The molecule has 1 aliphatic rings. The Morgan fingerprint density at radius 2 is 2.00 bits per heavy atom. The molecule has 1 unspecified atom stereocenters. The Hall–Kier alpha value is -2.10. The molecule has 2 aromatic rings. The second-order valence-electron chi connectivity index (χ2n) is 7.12. The number of aromatic nitrogens is 2. The molecule has 1 saturated carbocycles. The molecule has 0 radical (unpaired) electrons. The van der Waals surface area contributed by atoms with Crippen molar-refractivity contribution in [2.24, 2.45) is 5.92 Å². The molecule has 134 valence electrons. The highest BCUT2D eigenvalue weighted by Crippen LogP contribution is 2.27. The van der Waals surface area contributed by atoms with Crippen molar-refractivity contribution < 1.29 is 4.79 Å². The molecule has 1 fully saturated rings. The van der Waals surface area contributed by atoms with E-state index in [1.807, 2.05) is 24.4 Å². The minimum absolute atomic E-state index is 0.0451. The van der Waals surface area contributed by atoms with Gasteiger partial charge in [0.15, 0.2) is 0 Å². The van der Waals surface area contributed by atoms with Crippen LogP contribution in [0.3, 0.4) is 0 Å². The Kier molecular flexibility index (Phi) is 6.26. The van der Waals surface area contributed by atoms with Gasteiger partial charge in [0, 0.05) is 6.42 Å². The number of nitrogens with one attached hydrogen (secondary N) is 2. The van der Waals surface area contributed by atoms with Crippen LogP contribution in [0.5, 0.6) is 0 Å². The van der Waals surface area contributed by atoms with Crippen molar-refractivity contribution in [2.75, 3.05) is 0 Å². The van der Waals surface area contributed by atoms with E-state index >= 15 is 0 Å². The predicted octanol–water partition coefficient (Wildman–Crippen LogP) is 5.00. The Bertz CT molecular complexity index is 659. The van der Waals surface area contributed by atoms with Crippen LogP contribution in [0.25, 0.3) is 11.3 Å². The number of rotatable bonds is 7. The number of imidazole rings is 1. The summed E-state index contributed by atoms with van der Waals surface area (Å²) < 4.78 is 0. The first-order valence-corrected chi connectivity index (χ1v) is 9.66. The second kappa shape index (κ2) is 8.84. The van der Waals surface area contributed by atoms with Gasteiger partial charge in [0.05, 0.1) is 17.9 Å². The van der Waals surface area contributed by atoms with Gasteiger partial charge in [-0.05, 0) is 24.3 Å². The highest BCUT2D eigenvalue weighted by molar-refractivity contribution is 5.76. The average Bonchev–Trinajstić information content (AvgIpc) is 3.16. The highest BCUT2D eigenvalue weighted by atomic mass is 16.1. The zero-order chi connectivity index (χ0) is 17.5. The number of carbonyl (C=O) groups is 1. The van der Waals surface area contributed by atoms with E-state index in [0.717, 1.165) is 35.8 Å². The van der Waals surface area contributed by atoms with Gasteiger partial charge in [0.25, 0.3) is 0 Å². The SMILES string of the molecule is CCC(NC(=O)CCC1CCCCC1)c1ncc(-c2ccccc2)[nH]1. The van der Waals surface area contributed by atoms with Crippen LogP contribution in [-0.2, 0) is 4.79 Å². The van der Waals surface area contributed by atoms with Crippen molar-refractivity contribution in [3.8, 4) is 11.3 Å². The van der Waals surface area contributed by atoms with Gasteiger partial charge in [-0.25, -0.2) is 4.98 Å². The first kappa shape index (κ1) is 17.7. The van der Waals surface area contributed by atoms with E-state index in [-0.39, 0.29) is 11.9 Å². The normalized spacial score (nSPS) is 16.5. The second-order valence-corrected chi connectivity index (χ2v) is 7.12. The third kappa shape index (κ3) is 4.94. The van der Waals surface area contributed by atoms with Gasteiger partial charge in [-0.2, -0.15) is 0 Å². The van der Waals surface area contributed by atoms with Gasteiger partial charge < -0.3 is 10.3 Å². The van der Waals surface area contributed by atoms with Crippen LogP contribution >= 0.6 is 0 Å². The fraction of sp³-hybridized carbons (Fsp3) is 0.524. The summed E-state index contributed by atoms with van der Waals surface area (Å²) >= 11 is 0. The summed E-state index contributed by atoms with van der Waals surface area (Å²) in [5.74, 6) is 1.73. The monoisotopic (exact) mass is 339 g/mol. The summed E-state index contributed by atoms with van der Waals surface area (Å²) in [4.78, 5) is 20.2. The smallest absolute Gasteiger partial charge is 0.220 e. The predicted molar refractivity (Wildman–Crippen MR) is 101 cm³/mol. The molecule has 1 aromatic heterocycles. The van der Waals surface area contributed by atoms with Crippen LogP contribution in [0.2, 0.25) is 0 Å². The van der Waals surface area contributed by atoms with Gasteiger partial charge in [-0.3, -0.25) is 4.79 Å². The van der Waals surface area contributed by atoms with Crippen molar-refractivity contribution in [1.29, 1.82) is 0 Å². The lowest BCUT2D eigenvalue weighted by Gasteiger charge is -2.21. The largest absolute Gasteiger partial charge is 0.346 e. The van der Waals surface area contributed by atoms with Crippen LogP contribution in [0, 0.1) is 5.92 Å². The Morgan fingerprint density at radius 1 is 1.24 bits per heavy atom. The molecule has 2 N–H and O–H groups in total. The molecular formula is C21H29N3O. The first-order chi connectivity index (χ1) is 12.3. The maximum Gasteiger partial charge on any atom is 0.220 e. The number of carbonyl (C=O) groups excluding carboxylic acids is 1. The quantitative estimate of drug-likeness (QED) is 0.745. The van der Waals surface area contributed by atoms with Gasteiger partial charge in [0.1, 0.15) is 5.82 Å². The topological polar surface area (TPSA) is 57.8 Å². The summed E-state index contributed by atoms with van der Waals surface area (Å²) in [5.41, 5.74) is 2.10. The maximum atomic E-state index is 12.4. The zero-order valence-corrected chi connectivity index (χ0v) is 15.1. The third-order valence-electron chi connectivity index (χ3n) is 5.26. The minimum Gasteiger partial charge on any atom is -0.346 e. The molecular weight excluding hydrogens is 310 g/mol. The highest BCUT2D eigenvalue weighted by Gasteiger charge is 2.18. The molecule has 1 aromatic carbocycles. The molecule has 0 bridgehead atoms. The Labute approximate surface area is 150 Å². The molecule has 1 heterocycles. The Balaban J connectivity index is 1.55. The van der Waals surface area contributed by atoms with Crippen LogP contribution in [-0.4, -0.2) is 15.9 Å². The molecule has 4 nitrogen and oxygen atoms in total. The van der Waals surface area contributed by atoms with Crippen LogP contribution in [0.15, 0.2) is 36.5 Å². The molecule has 1 atom stereocenters. The standard InChI is InChI=1S/C21H29N3O/c1-2-18(23-20(25)14-13-16-9-5-3-6-10-16)21-22-15-19(24-21)17-11-7-4-8-12-17/h4,7-8,11-12,15-16,18H,2-3,5-6,9-10,13-14H2,1H3,(H,22,24)(H,23,25). The van der Waals surface area contributed by atoms with Crippen LogP contribution < -0.4 is 5.32 Å². The first-order valence-electron chi connectivity index (χ1n) is 9.66. The van der Waals surface area contributed by atoms with Gasteiger partial charge in [-0.1, -0.05) is 69.4 Å². The van der Waals surface area contributed by atoms with Gasteiger partial charge in [-0.15, -0.1) is 0 Å². The summed E-state index contributed by atoms with van der Waals surface area (Å²) in [6.07, 6.45) is 11.0. The van der Waals surface area contributed by atoms with Crippen molar-refractivity contribution in [3.05, 3.63) is 42.4 Å². The van der Waals surface area contributed by atoms with Gasteiger partial charge >= 0.3 is 0 Å². The minimum atomic E-state index is -0.0451. The summed E-state index contributed by atoms with van der Waals surface area (Å²) in [5, 5.41) is 3.15. The van der Waals surface area contributed by atoms with Crippen molar-refractivity contribution >= 4 is 5.91 Å². The van der Waals surface area contributed by atoms with E-state index in [1.165, 1.54) is 32.1 Å². The zero-order valence-electron chi connectivity index (χ0n) is 15.1. The van der Waals surface area contributed by atoms with E-state index in [9.17, 15) is 4.79 Å². The Morgan fingerprint density at radius 3 is 2.72 bits per heavy atom. The van der Waals surface area contributed by atoms with E-state index < -0.39 is 0 Å². The molecule has 0 spiro atoms. The van der Waals surface area contributed by atoms with Crippen molar-refractivity contribution in [3.63, 3.8) is 0 Å². The molecule has 1 aliphatic carbocycles. The number of hydrogen-bond donors (Lipinski definition) is 2. The lowest BCUT2D eigenvalue weighted by molar-refractivity contribution is -0.122. The van der Waals surface area contributed by atoms with E-state index in [0.29, 0.717) is 6.42 Å². The van der Waals surface area contributed by atoms with Crippen molar-refractivity contribution in [1.82, 2.24) is 15.3 Å². The molecule has 25 heavy (non-hydrogen) atoms. The molecule has 0 aliphatic heterocycles. The van der Waals surface area contributed by atoms with Crippen LogP contribution in [0.4, 0.5) is 0 Å². The number of benzene rings is 1. The summed E-state index contributed by atoms with van der Waals surface area (Å²) in [6.45, 7) is 2.08. The third-order valence-corrected chi connectivity index (χ3v) is 5.26. The lowest BCUT2D eigenvalue weighted by Crippen LogP contribution is -2.29. The average molecular weight is 339 g/mol.